The second kappa shape index (κ2) is 9.81. The van der Waals surface area contributed by atoms with E-state index in [1.54, 1.807) is 42.5 Å². The number of carbonyl (C=O) groups is 8. The summed E-state index contributed by atoms with van der Waals surface area (Å²) < 4.78 is 0. The van der Waals surface area contributed by atoms with Crippen LogP contribution >= 0.6 is 0 Å². The van der Waals surface area contributed by atoms with Crippen LogP contribution in [0.15, 0.2) is 48.6 Å². The number of hydrogen-bond donors (Lipinski definition) is 2. The zero-order chi connectivity index (χ0) is 37.8. The molecule has 12 heteroatoms. The van der Waals surface area contributed by atoms with E-state index in [0.29, 0.717) is 115 Å². The van der Waals surface area contributed by atoms with Gasteiger partial charge in [-0.2, -0.15) is 0 Å². The number of hydrogen-bond acceptors (Lipinski definition) is 10. The smallest absolute Gasteiger partial charge is 0.210 e. The van der Waals surface area contributed by atoms with Gasteiger partial charge in [0.15, 0.2) is 0 Å². The molecule has 2 N–H and O–H groups in total. The van der Waals surface area contributed by atoms with Crippen LogP contribution in [0.5, 0.6) is 0 Å². The molecule has 5 heterocycles. The summed E-state index contributed by atoms with van der Waals surface area (Å²) in [5.74, 6) is -10.1. The van der Waals surface area contributed by atoms with E-state index in [9.17, 15) is 38.4 Å². The SMILES string of the molecule is O=C1C(=O)[C@@H]2C=CC1C1=C2c2cc3[nH]c(cc4[nH]c(cc5nc(cc1n2)C1=C5[C@H]2C=CC1C(=O)C2=O)c1c4C2CCC1C(=O)C2=O)c1c3C2CCC1C(=O)C2=O. The van der Waals surface area contributed by atoms with Gasteiger partial charge in [-0.05, 0) is 94.5 Å². The summed E-state index contributed by atoms with van der Waals surface area (Å²) in [7, 11) is 0. The highest BCUT2D eigenvalue weighted by Crippen LogP contribution is 2.55. The number of rotatable bonds is 0. The maximum atomic E-state index is 13.5. The number of allylic oxidation sites excluding steroid dienone is 8. The average molecular weight is 739 g/mol. The lowest BCUT2D eigenvalue weighted by atomic mass is 9.65. The first-order valence-electron chi connectivity index (χ1n) is 19.1. The fourth-order valence-corrected chi connectivity index (χ4v) is 11.7. The van der Waals surface area contributed by atoms with Crippen molar-refractivity contribution in [3.63, 3.8) is 0 Å². The van der Waals surface area contributed by atoms with Crippen molar-refractivity contribution in [2.24, 2.45) is 23.7 Å². The van der Waals surface area contributed by atoms with Gasteiger partial charge < -0.3 is 9.97 Å². The first-order valence-corrected chi connectivity index (χ1v) is 19.1. The minimum atomic E-state index is -0.877. The maximum absolute atomic E-state index is 13.5. The molecule has 8 atom stereocenters. The van der Waals surface area contributed by atoms with Gasteiger partial charge in [0.1, 0.15) is 0 Å². The van der Waals surface area contributed by atoms with Crippen LogP contribution in [-0.2, 0) is 38.4 Å². The van der Waals surface area contributed by atoms with Crippen LogP contribution < -0.4 is 0 Å². The molecule has 0 saturated heterocycles. The topological polar surface area (TPSA) is 194 Å². The molecule has 0 radical (unpaired) electrons. The lowest BCUT2D eigenvalue weighted by Crippen LogP contribution is -2.38. The van der Waals surface area contributed by atoms with Crippen LogP contribution in [-0.4, -0.2) is 66.2 Å². The predicted octanol–water partition coefficient (Wildman–Crippen LogP) is 4.27. The number of H-pyrrole nitrogens is 2. The summed E-state index contributed by atoms with van der Waals surface area (Å²) >= 11 is 0. The fraction of sp³-hybridized carbons (Fsp3) is 0.273. The predicted molar refractivity (Wildman–Crippen MR) is 196 cm³/mol. The van der Waals surface area contributed by atoms with E-state index >= 15 is 0 Å². The van der Waals surface area contributed by atoms with Crippen molar-refractivity contribution in [3.8, 4) is 0 Å². The molecule has 2 aliphatic heterocycles. The molecule has 2 saturated carbocycles. The summed E-state index contributed by atoms with van der Waals surface area (Å²) in [4.78, 5) is 125. The van der Waals surface area contributed by atoms with Gasteiger partial charge in [0, 0.05) is 22.1 Å². The number of ketones is 8. The lowest BCUT2D eigenvalue weighted by molar-refractivity contribution is -0.140. The quantitative estimate of drug-likeness (QED) is 0.249. The summed E-state index contributed by atoms with van der Waals surface area (Å²) in [5, 5.41) is 0. The minimum absolute atomic E-state index is 0.399. The molecule has 3 aromatic heterocycles. The molecule has 0 aromatic carbocycles. The number of carbonyl (C=O) groups excluding carboxylic acids is 8. The third kappa shape index (κ3) is 3.40. The Morgan fingerprint density at radius 3 is 0.929 bits per heavy atom. The van der Waals surface area contributed by atoms with Crippen molar-refractivity contribution in [1.29, 1.82) is 0 Å². The van der Waals surface area contributed by atoms with E-state index in [-0.39, 0.29) is 0 Å². The molecule has 14 aliphatic rings. The van der Waals surface area contributed by atoms with Crippen molar-refractivity contribution in [2.45, 2.75) is 49.4 Å². The lowest BCUT2D eigenvalue weighted by Gasteiger charge is -2.34. The molecule has 56 heavy (non-hydrogen) atoms. The molecular formula is C44H26N4O8. The average Bonchev–Trinajstić information content (AvgIpc) is 3.96. The molecule has 12 aliphatic carbocycles. The van der Waals surface area contributed by atoms with Crippen LogP contribution in [0, 0.1) is 23.7 Å². The number of Topliss-reactive ketones (excluding diaryl/α,β-unsaturated/α-hetero) is 8. The summed E-state index contributed by atoms with van der Waals surface area (Å²) in [6.45, 7) is 0. The van der Waals surface area contributed by atoms with Crippen molar-refractivity contribution < 1.29 is 38.4 Å². The molecular weight excluding hydrogens is 713 g/mol. The second-order valence-corrected chi connectivity index (χ2v) is 16.5. The Balaban J connectivity index is 1.21. The number of aromatic amines is 2. The van der Waals surface area contributed by atoms with Gasteiger partial charge >= 0.3 is 0 Å². The summed E-state index contributed by atoms with van der Waals surface area (Å²) in [5.41, 5.74) is 9.05. The summed E-state index contributed by atoms with van der Waals surface area (Å²) in [6, 6.07) is 7.18. The first kappa shape index (κ1) is 30.7. The van der Waals surface area contributed by atoms with E-state index < -0.39 is 93.6 Å². The van der Waals surface area contributed by atoms with Crippen molar-refractivity contribution in [3.05, 3.63) is 93.6 Å². The highest BCUT2D eigenvalue weighted by Gasteiger charge is 2.52. The normalized spacial score (nSPS) is 31.3. The number of nitrogens with zero attached hydrogens (tertiary/aromatic N) is 2. The Bertz CT molecular complexity index is 2840. The summed E-state index contributed by atoms with van der Waals surface area (Å²) in [6.07, 6.45) is 8.90. The third-order valence-corrected chi connectivity index (χ3v) is 14.1. The van der Waals surface area contributed by atoms with Crippen molar-refractivity contribution >= 4 is 90.6 Å². The molecule has 17 rings (SSSR count). The van der Waals surface area contributed by atoms with Crippen LogP contribution in [0.2, 0.25) is 0 Å². The van der Waals surface area contributed by atoms with Crippen molar-refractivity contribution in [2.75, 3.05) is 0 Å². The highest BCUT2D eigenvalue weighted by atomic mass is 16.2. The molecule has 16 bridgehead atoms. The molecule has 6 unspecified atom stereocenters. The van der Waals surface area contributed by atoms with Crippen LogP contribution in [0.1, 0.15) is 94.4 Å². The van der Waals surface area contributed by atoms with E-state index in [1.807, 2.05) is 6.07 Å². The van der Waals surface area contributed by atoms with Gasteiger partial charge in [-0.3, -0.25) is 38.4 Å². The molecule has 2 fully saturated rings. The van der Waals surface area contributed by atoms with Gasteiger partial charge in [0.05, 0.1) is 70.1 Å². The Morgan fingerprint density at radius 2 is 0.625 bits per heavy atom. The molecule has 0 amide bonds. The van der Waals surface area contributed by atoms with Crippen LogP contribution in [0.4, 0.5) is 0 Å². The highest BCUT2D eigenvalue weighted by molar-refractivity contribution is 6.49. The van der Waals surface area contributed by atoms with E-state index in [1.165, 1.54) is 0 Å². The first-order chi connectivity index (χ1) is 27.1. The second-order valence-electron chi connectivity index (χ2n) is 16.5. The Labute approximate surface area is 314 Å². The third-order valence-electron chi connectivity index (χ3n) is 14.1. The van der Waals surface area contributed by atoms with Gasteiger partial charge in [-0.25, -0.2) is 9.97 Å². The van der Waals surface area contributed by atoms with Gasteiger partial charge in [-0.15, -0.1) is 0 Å². The standard InChI is InChI=1S/C44H26N4O8/c49-37-13-1-2-14(38(37)50)30-22-10-24-32-16-5-6-18(42(54)40(16)52)34(32)26(47-24)12-28-36-20-8-7-19(43(55)44(20)56)35(36)27(48-28)11-25-33-17-4-3-15(39(51)41(17)53)31(33)23(46-25)9-21(45-22)29(13)30/h1-4,9-20,47-48H,5-8H2/t13?,14-,15?,16?,17-,18?,19?,20?/m1/s1. The number of aromatic nitrogens is 4. The molecule has 12 nitrogen and oxygen atoms in total. The van der Waals surface area contributed by atoms with Gasteiger partial charge in [0.2, 0.25) is 46.3 Å². The van der Waals surface area contributed by atoms with Crippen LogP contribution in [0.3, 0.4) is 0 Å². The Kier molecular flexibility index (Phi) is 5.38. The van der Waals surface area contributed by atoms with E-state index in [4.69, 9.17) is 9.97 Å². The Morgan fingerprint density at radius 1 is 0.357 bits per heavy atom. The molecule has 0 spiro atoms. The fourth-order valence-electron chi connectivity index (χ4n) is 11.7. The maximum Gasteiger partial charge on any atom is 0.210 e. The van der Waals surface area contributed by atoms with Crippen LogP contribution in [0.25, 0.3) is 44.4 Å². The monoisotopic (exact) mass is 738 g/mol. The van der Waals surface area contributed by atoms with Gasteiger partial charge in [0.25, 0.3) is 0 Å². The number of fused-ring (bicyclic) bond motifs is 14. The number of nitrogens with one attached hydrogen (secondary N) is 2. The minimum Gasteiger partial charge on any atom is -0.355 e. The van der Waals surface area contributed by atoms with Gasteiger partial charge in [-0.1, -0.05) is 24.3 Å². The van der Waals surface area contributed by atoms with Crippen molar-refractivity contribution in [1.82, 2.24) is 19.9 Å². The molecule has 270 valence electrons. The molecule has 3 aromatic rings. The zero-order valence-corrected chi connectivity index (χ0v) is 29.2. The van der Waals surface area contributed by atoms with E-state index in [0.717, 1.165) is 0 Å². The Hall–Kier alpha value is -6.56. The van der Waals surface area contributed by atoms with E-state index in [2.05, 4.69) is 9.97 Å². The largest absolute Gasteiger partial charge is 0.355 e. The zero-order valence-electron chi connectivity index (χ0n) is 29.2.